The van der Waals surface area contributed by atoms with Gasteiger partial charge in [0.25, 0.3) is 0 Å². The average Bonchev–Trinajstić information content (AvgIpc) is 2.56. The topological polar surface area (TPSA) is 12.0 Å². The highest BCUT2D eigenvalue weighted by molar-refractivity contribution is 9.11. The number of hydrogen-bond acceptors (Lipinski definition) is 2. The van der Waals surface area contributed by atoms with Crippen LogP contribution in [0.3, 0.4) is 0 Å². The Kier molecular flexibility index (Phi) is 5.78. The van der Waals surface area contributed by atoms with Gasteiger partial charge in [0.05, 0.1) is 3.79 Å². The molecule has 92 valence electrons. The Morgan fingerprint density at radius 2 is 2.00 bits per heavy atom. The minimum absolute atomic E-state index is 0.199. The number of nitrogens with one attached hydrogen (secondary N) is 1. The fourth-order valence-electron chi connectivity index (χ4n) is 1.23. The molecule has 0 atom stereocenters. The number of unbranched alkanes of at least 4 members (excludes halogenated alkanes) is 1. The predicted octanol–water partition coefficient (Wildman–Crippen LogP) is 4.33. The first kappa shape index (κ1) is 14.0. The first-order chi connectivity index (χ1) is 7.47. The van der Waals surface area contributed by atoms with Gasteiger partial charge in [0.2, 0.25) is 0 Å². The van der Waals surface area contributed by atoms with Crippen LogP contribution in [0, 0.1) is 0 Å². The molecule has 6 heteroatoms. The van der Waals surface area contributed by atoms with Crippen LogP contribution >= 0.6 is 27.3 Å². The number of alkyl halides is 3. The van der Waals surface area contributed by atoms with Crippen LogP contribution in [0.5, 0.6) is 0 Å². The zero-order valence-electron chi connectivity index (χ0n) is 8.61. The molecular formula is C10H13BrF3NS. The molecule has 0 aliphatic carbocycles. The Morgan fingerprint density at radius 1 is 1.25 bits per heavy atom. The summed E-state index contributed by atoms with van der Waals surface area (Å²) in [6.07, 6.45) is -3.94. The fraction of sp³-hybridized carbons (Fsp3) is 0.600. The van der Waals surface area contributed by atoms with E-state index in [0.29, 0.717) is 13.0 Å². The first-order valence-electron chi connectivity index (χ1n) is 4.99. The van der Waals surface area contributed by atoms with Gasteiger partial charge in [-0.25, -0.2) is 0 Å². The van der Waals surface area contributed by atoms with Crippen LogP contribution in [0.15, 0.2) is 15.9 Å². The molecule has 1 heterocycles. The van der Waals surface area contributed by atoms with Crippen molar-refractivity contribution in [3.8, 4) is 0 Å². The summed E-state index contributed by atoms with van der Waals surface area (Å²) in [4.78, 5) is 1.18. The minimum atomic E-state index is -4.02. The van der Waals surface area contributed by atoms with Crippen LogP contribution in [0.25, 0.3) is 0 Å². The molecule has 1 aromatic rings. The summed E-state index contributed by atoms with van der Waals surface area (Å²) in [6, 6.07) is 3.96. The maximum Gasteiger partial charge on any atom is 0.389 e. The van der Waals surface area contributed by atoms with Gasteiger partial charge in [0, 0.05) is 17.8 Å². The second-order valence-electron chi connectivity index (χ2n) is 3.45. The molecule has 1 N–H and O–H groups in total. The van der Waals surface area contributed by atoms with E-state index in [2.05, 4.69) is 21.2 Å². The molecule has 0 amide bonds. The predicted molar refractivity (Wildman–Crippen MR) is 63.6 cm³/mol. The van der Waals surface area contributed by atoms with Crippen molar-refractivity contribution in [3.63, 3.8) is 0 Å². The fourth-order valence-corrected chi connectivity index (χ4v) is 2.69. The van der Waals surface area contributed by atoms with Gasteiger partial charge in [0.15, 0.2) is 0 Å². The molecule has 0 saturated heterocycles. The summed E-state index contributed by atoms with van der Waals surface area (Å²) in [5.41, 5.74) is 0. The van der Waals surface area contributed by atoms with Crippen molar-refractivity contribution in [3.05, 3.63) is 20.8 Å². The second kappa shape index (κ2) is 6.61. The van der Waals surface area contributed by atoms with Crippen molar-refractivity contribution in [1.82, 2.24) is 5.32 Å². The third-order valence-electron chi connectivity index (χ3n) is 1.99. The molecule has 1 nitrogen and oxygen atoms in total. The molecule has 0 unspecified atom stereocenters. The second-order valence-corrected chi connectivity index (χ2v) is 6.00. The monoisotopic (exact) mass is 315 g/mol. The minimum Gasteiger partial charge on any atom is -0.312 e. The van der Waals surface area contributed by atoms with Crippen molar-refractivity contribution in [2.24, 2.45) is 0 Å². The number of halogens is 4. The van der Waals surface area contributed by atoms with Crippen LogP contribution < -0.4 is 5.32 Å². The molecule has 0 bridgehead atoms. The van der Waals surface area contributed by atoms with E-state index in [9.17, 15) is 13.2 Å². The lowest BCUT2D eigenvalue weighted by atomic mass is 10.2. The lowest BCUT2D eigenvalue weighted by Gasteiger charge is -2.06. The number of hydrogen-bond donors (Lipinski definition) is 1. The normalized spacial score (nSPS) is 12.0. The highest BCUT2D eigenvalue weighted by Gasteiger charge is 2.25. The van der Waals surface area contributed by atoms with Crippen molar-refractivity contribution in [2.75, 3.05) is 6.54 Å². The van der Waals surface area contributed by atoms with E-state index in [1.54, 1.807) is 11.3 Å². The van der Waals surface area contributed by atoms with E-state index >= 15 is 0 Å². The lowest BCUT2D eigenvalue weighted by molar-refractivity contribution is -0.135. The van der Waals surface area contributed by atoms with Gasteiger partial charge in [-0.15, -0.1) is 11.3 Å². The molecule has 0 fully saturated rings. The Hall–Kier alpha value is -0.0700. The van der Waals surface area contributed by atoms with E-state index in [1.807, 2.05) is 12.1 Å². The molecule has 1 rings (SSSR count). The van der Waals surface area contributed by atoms with Crippen molar-refractivity contribution in [2.45, 2.75) is 32.0 Å². The molecule has 0 aliphatic heterocycles. The van der Waals surface area contributed by atoms with E-state index in [0.717, 1.165) is 10.3 Å². The molecule has 0 radical (unpaired) electrons. The Bertz CT molecular complexity index is 311. The van der Waals surface area contributed by atoms with E-state index in [-0.39, 0.29) is 6.42 Å². The SMILES string of the molecule is FC(F)(F)CCCCNCc1ccc(Br)s1. The highest BCUT2D eigenvalue weighted by Crippen LogP contribution is 2.22. The maximum absolute atomic E-state index is 11.8. The highest BCUT2D eigenvalue weighted by atomic mass is 79.9. The first-order valence-corrected chi connectivity index (χ1v) is 6.60. The van der Waals surface area contributed by atoms with Gasteiger partial charge in [-0.3, -0.25) is 0 Å². The van der Waals surface area contributed by atoms with E-state index < -0.39 is 12.6 Å². The van der Waals surface area contributed by atoms with Crippen molar-refractivity contribution in [1.29, 1.82) is 0 Å². The average molecular weight is 316 g/mol. The quantitative estimate of drug-likeness (QED) is 0.770. The summed E-state index contributed by atoms with van der Waals surface area (Å²) in [5.74, 6) is 0. The molecule has 0 spiro atoms. The molecule has 0 saturated carbocycles. The smallest absolute Gasteiger partial charge is 0.312 e. The van der Waals surface area contributed by atoms with Gasteiger partial charge in [-0.2, -0.15) is 13.2 Å². The number of rotatable bonds is 6. The van der Waals surface area contributed by atoms with Crippen molar-refractivity contribution >= 4 is 27.3 Å². The Morgan fingerprint density at radius 3 is 2.56 bits per heavy atom. The molecule has 0 aliphatic rings. The summed E-state index contributed by atoms with van der Waals surface area (Å²) in [5, 5.41) is 3.12. The summed E-state index contributed by atoms with van der Waals surface area (Å²) >= 11 is 4.98. The van der Waals surface area contributed by atoms with Crippen LogP contribution in [-0.2, 0) is 6.54 Å². The van der Waals surface area contributed by atoms with Crippen LogP contribution in [-0.4, -0.2) is 12.7 Å². The molecule has 1 aromatic heterocycles. The van der Waals surface area contributed by atoms with E-state index in [4.69, 9.17) is 0 Å². The maximum atomic E-state index is 11.8. The largest absolute Gasteiger partial charge is 0.389 e. The number of thiophene rings is 1. The third kappa shape index (κ3) is 6.50. The summed E-state index contributed by atoms with van der Waals surface area (Å²) in [6.45, 7) is 1.36. The van der Waals surface area contributed by atoms with Gasteiger partial charge >= 0.3 is 6.18 Å². The standard InChI is InChI=1S/C10H13BrF3NS/c11-9-4-3-8(16-9)7-15-6-2-1-5-10(12,13)14/h3-4,15H,1-2,5-7H2. The molecule has 0 aromatic carbocycles. The summed E-state index contributed by atoms with van der Waals surface area (Å²) < 4.78 is 36.5. The molecule has 16 heavy (non-hydrogen) atoms. The van der Waals surface area contributed by atoms with Gasteiger partial charge in [0.1, 0.15) is 0 Å². The van der Waals surface area contributed by atoms with Crippen molar-refractivity contribution < 1.29 is 13.2 Å². The van der Waals surface area contributed by atoms with Gasteiger partial charge in [-0.05, 0) is 47.4 Å². The van der Waals surface area contributed by atoms with Crippen LogP contribution in [0.1, 0.15) is 24.1 Å². The molecular weight excluding hydrogens is 303 g/mol. The van der Waals surface area contributed by atoms with E-state index in [1.165, 1.54) is 4.88 Å². The lowest BCUT2D eigenvalue weighted by Crippen LogP contribution is -2.15. The summed E-state index contributed by atoms with van der Waals surface area (Å²) in [7, 11) is 0. The van der Waals surface area contributed by atoms with Gasteiger partial charge in [-0.1, -0.05) is 0 Å². The third-order valence-corrected chi connectivity index (χ3v) is 3.62. The van der Waals surface area contributed by atoms with Gasteiger partial charge < -0.3 is 5.32 Å². The zero-order valence-corrected chi connectivity index (χ0v) is 11.0. The zero-order chi connectivity index (χ0) is 12.0. The Balaban J connectivity index is 2.00. The Labute approximate surface area is 105 Å². The van der Waals surface area contributed by atoms with Crippen LogP contribution in [0.4, 0.5) is 13.2 Å². The van der Waals surface area contributed by atoms with Crippen LogP contribution in [0.2, 0.25) is 0 Å².